The normalized spacial score (nSPS) is 10.8. The van der Waals surface area contributed by atoms with Crippen LogP contribution in [0.4, 0.5) is 0 Å². The van der Waals surface area contributed by atoms with Crippen LogP contribution in [0.1, 0.15) is 32.7 Å². The molecule has 32 heavy (non-hydrogen) atoms. The summed E-state index contributed by atoms with van der Waals surface area (Å²) in [4.78, 5) is 16.8. The number of ether oxygens (including phenoxy) is 1. The van der Waals surface area contributed by atoms with Crippen molar-refractivity contribution in [3.05, 3.63) is 99.1 Å². The first kappa shape index (κ1) is 21.8. The number of carboxylic acid groups (broad SMARTS) is 1. The molecule has 0 aliphatic heterocycles. The number of nitriles is 1. The number of rotatable bonds is 8. The van der Waals surface area contributed by atoms with Crippen LogP contribution in [0.3, 0.4) is 0 Å². The number of thiophene rings is 1. The Morgan fingerprint density at radius 2 is 1.94 bits per heavy atom. The lowest BCUT2D eigenvalue weighted by Gasteiger charge is -2.07. The molecule has 4 aromatic rings. The predicted octanol–water partition coefficient (Wildman–Crippen LogP) is 5.60. The Kier molecular flexibility index (Phi) is 6.66. The molecule has 0 bridgehead atoms. The zero-order valence-corrected chi connectivity index (χ0v) is 18.4. The predicted molar refractivity (Wildman–Crippen MR) is 123 cm³/mol. The Balaban J connectivity index is 1.52. The van der Waals surface area contributed by atoms with Gasteiger partial charge in [-0.05, 0) is 47.5 Å². The van der Waals surface area contributed by atoms with E-state index in [1.54, 1.807) is 36.4 Å². The number of hydrogen-bond acceptors (Lipinski definition) is 5. The SMILES string of the molecule is N#Cc1cccc(COCc2cn(Cc3ccc(C(=O)O)cc3)c(-c3ccc(Cl)s3)n2)c1. The van der Waals surface area contributed by atoms with Gasteiger partial charge >= 0.3 is 5.97 Å². The topological polar surface area (TPSA) is 88.1 Å². The van der Waals surface area contributed by atoms with Crippen LogP contribution in [-0.2, 0) is 24.5 Å². The highest BCUT2D eigenvalue weighted by Crippen LogP contribution is 2.31. The van der Waals surface area contributed by atoms with Crippen molar-refractivity contribution in [1.82, 2.24) is 9.55 Å². The molecule has 6 nitrogen and oxygen atoms in total. The highest BCUT2D eigenvalue weighted by Gasteiger charge is 2.14. The summed E-state index contributed by atoms with van der Waals surface area (Å²) < 4.78 is 8.52. The number of aromatic nitrogens is 2. The van der Waals surface area contributed by atoms with Crippen LogP contribution in [0.5, 0.6) is 0 Å². The van der Waals surface area contributed by atoms with Crippen LogP contribution >= 0.6 is 22.9 Å². The number of halogens is 1. The molecule has 0 saturated heterocycles. The molecule has 2 aromatic heterocycles. The quantitative estimate of drug-likeness (QED) is 0.367. The summed E-state index contributed by atoms with van der Waals surface area (Å²) in [7, 11) is 0. The first-order valence-corrected chi connectivity index (χ1v) is 10.9. The summed E-state index contributed by atoms with van der Waals surface area (Å²) in [5.41, 5.74) is 3.49. The Hall–Kier alpha value is -3.44. The van der Waals surface area contributed by atoms with E-state index in [1.807, 2.05) is 35.0 Å². The zero-order valence-electron chi connectivity index (χ0n) is 16.9. The molecule has 2 heterocycles. The summed E-state index contributed by atoms with van der Waals surface area (Å²) in [6, 6.07) is 20.0. The average Bonchev–Trinajstić information content (AvgIpc) is 3.40. The molecule has 0 radical (unpaired) electrons. The van der Waals surface area contributed by atoms with Gasteiger partial charge in [0.05, 0.1) is 45.3 Å². The molecule has 2 aromatic carbocycles. The van der Waals surface area contributed by atoms with Crippen LogP contribution in [0, 0.1) is 11.3 Å². The van der Waals surface area contributed by atoms with Gasteiger partial charge in [-0.25, -0.2) is 9.78 Å². The third-order valence-electron chi connectivity index (χ3n) is 4.75. The maximum Gasteiger partial charge on any atom is 0.335 e. The van der Waals surface area contributed by atoms with E-state index in [9.17, 15) is 4.79 Å². The minimum atomic E-state index is -0.951. The van der Waals surface area contributed by atoms with Crippen LogP contribution in [-0.4, -0.2) is 20.6 Å². The van der Waals surface area contributed by atoms with Gasteiger partial charge < -0.3 is 14.4 Å². The van der Waals surface area contributed by atoms with Crippen molar-refractivity contribution in [2.24, 2.45) is 0 Å². The second-order valence-electron chi connectivity index (χ2n) is 7.09. The molecule has 0 fully saturated rings. The monoisotopic (exact) mass is 463 g/mol. The molecule has 160 valence electrons. The van der Waals surface area contributed by atoms with Gasteiger partial charge in [0.2, 0.25) is 0 Å². The average molecular weight is 464 g/mol. The molecule has 0 unspecified atom stereocenters. The van der Waals surface area contributed by atoms with Crippen LogP contribution < -0.4 is 0 Å². The first-order chi connectivity index (χ1) is 15.5. The number of carbonyl (C=O) groups is 1. The lowest BCUT2D eigenvalue weighted by atomic mass is 10.1. The summed E-state index contributed by atoms with van der Waals surface area (Å²) in [5, 5.41) is 18.1. The van der Waals surface area contributed by atoms with Gasteiger partial charge in [-0.1, -0.05) is 35.9 Å². The minimum absolute atomic E-state index is 0.249. The molecule has 0 aliphatic rings. The van der Waals surface area contributed by atoms with Gasteiger partial charge in [0.1, 0.15) is 0 Å². The number of aromatic carboxylic acids is 1. The first-order valence-electron chi connectivity index (χ1n) is 9.72. The molecule has 8 heteroatoms. The zero-order chi connectivity index (χ0) is 22.5. The largest absolute Gasteiger partial charge is 0.478 e. The summed E-state index contributed by atoms with van der Waals surface area (Å²) in [6.45, 7) is 1.22. The van der Waals surface area contributed by atoms with E-state index < -0.39 is 5.97 Å². The Bertz CT molecular complexity index is 1290. The fourth-order valence-electron chi connectivity index (χ4n) is 3.24. The fraction of sp³-hybridized carbons (Fsp3) is 0.125. The second-order valence-corrected chi connectivity index (χ2v) is 8.81. The Morgan fingerprint density at radius 3 is 2.62 bits per heavy atom. The number of carboxylic acids is 1. The standard InChI is InChI=1S/C24H18ClN3O3S/c25-22-9-8-21(32-22)23-27-20(15-31-14-18-3-1-2-17(10-18)11-26)13-28(23)12-16-4-6-19(7-5-16)24(29)30/h1-10,13H,12,14-15H2,(H,29,30). The van der Waals surface area contributed by atoms with E-state index in [-0.39, 0.29) is 5.56 Å². The third kappa shape index (κ3) is 5.24. The summed E-state index contributed by atoms with van der Waals surface area (Å²) in [6.07, 6.45) is 1.93. The van der Waals surface area contributed by atoms with Crippen molar-refractivity contribution < 1.29 is 14.6 Å². The molecule has 4 rings (SSSR count). The fourth-order valence-corrected chi connectivity index (χ4v) is 4.29. The van der Waals surface area contributed by atoms with Gasteiger partial charge in [0, 0.05) is 12.7 Å². The van der Waals surface area contributed by atoms with Crippen LogP contribution in [0.15, 0.2) is 66.9 Å². The smallest absolute Gasteiger partial charge is 0.335 e. The van der Waals surface area contributed by atoms with Crippen molar-refractivity contribution in [1.29, 1.82) is 5.26 Å². The highest BCUT2D eigenvalue weighted by atomic mass is 35.5. The van der Waals surface area contributed by atoms with Crippen molar-refractivity contribution in [2.75, 3.05) is 0 Å². The third-order valence-corrected chi connectivity index (χ3v) is 5.98. The minimum Gasteiger partial charge on any atom is -0.478 e. The number of benzene rings is 2. The number of imidazole rings is 1. The van der Waals surface area contributed by atoms with Gasteiger partial charge in [0.25, 0.3) is 0 Å². The second kappa shape index (κ2) is 9.79. The molecular formula is C24H18ClN3O3S. The molecule has 0 atom stereocenters. The van der Waals surface area contributed by atoms with Crippen LogP contribution in [0.25, 0.3) is 10.7 Å². The van der Waals surface area contributed by atoms with E-state index in [0.29, 0.717) is 29.7 Å². The van der Waals surface area contributed by atoms with Crippen molar-refractivity contribution >= 4 is 28.9 Å². The molecule has 0 spiro atoms. The van der Waals surface area contributed by atoms with Gasteiger partial charge in [-0.2, -0.15) is 5.26 Å². The van der Waals surface area contributed by atoms with Gasteiger partial charge in [-0.3, -0.25) is 0 Å². The lowest BCUT2D eigenvalue weighted by molar-refractivity contribution is 0.0697. The van der Waals surface area contributed by atoms with Gasteiger partial charge in [-0.15, -0.1) is 11.3 Å². The Labute approximate surface area is 193 Å². The molecule has 0 amide bonds. The van der Waals surface area contributed by atoms with E-state index in [0.717, 1.165) is 27.5 Å². The van der Waals surface area contributed by atoms with Crippen molar-refractivity contribution in [3.8, 4) is 16.8 Å². The molecular weight excluding hydrogens is 446 g/mol. The van der Waals surface area contributed by atoms with Crippen molar-refractivity contribution in [3.63, 3.8) is 0 Å². The molecule has 1 N–H and O–H groups in total. The summed E-state index contributed by atoms with van der Waals surface area (Å²) in [5.74, 6) is -0.179. The highest BCUT2D eigenvalue weighted by molar-refractivity contribution is 7.19. The van der Waals surface area contributed by atoms with E-state index >= 15 is 0 Å². The molecule has 0 aliphatic carbocycles. The van der Waals surface area contributed by atoms with Crippen molar-refractivity contribution in [2.45, 2.75) is 19.8 Å². The number of nitrogens with zero attached hydrogens (tertiary/aromatic N) is 3. The lowest BCUT2D eigenvalue weighted by Crippen LogP contribution is -2.02. The maximum absolute atomic E-state index is 11.1. The van der Waals surface area contributed by atoms with E-state index in [1.165, 1.54) is 11.3 Å². The van der Waals surface area contributed by atoms with E-state index in [4.69, 9.17) is 31.7 Å². The van der Waals surface area contributed by atoms with Gasteiger partial charge in [0.15, 0.2) is 5.82 Å². The molecule has 0 saturated carbocycles. The van der Waals surface area contributed by atoms with Crippen LogP contribution in [0.2, 0.25) is 4.34 Å². The number of hydrogen-bond donors (Lipinski definition) is 1. The maximum atomic E-state index is 11.1. The Morgan fingerprint density at radius 1 is 1.12 bits per heavy atom. The van der Waals surface area contributed by atoms with E-state index in [2.05, 4.69) is 6.07 Å². The summed E-state index contributed by atoms with van der Waals surface area (Å²) >= 11 is 7.57.